The Morgan fingerprint density at radius 3 is 2.67 bits per heavy atom. The summed E-state index contributed by atoms with van der Waals surface area (Å²) in [7, 11) is 0. The fourth-order valence-corrected chi connectivity index (χ4v) is 1.95. The minimum absolute atomic E-state index is 0.447. The number of hydrogen-bond acceptors (Lipinski definition) is 4. The van der Waals surface area contributed by atoms with Crippen molar-refractivity contribution in [3.63, 3.8) is 0 Å². The summed E-state index contributed by atoms with van der Waals surface area (Å²) in [4.78, 5) is 0. The van der Waals surface area contributed by atoms with Gasteiger partial charge >= 0.3 is 0 Å². The molecular formula is C10H14N2O3. The maximum Gasteiger partial charge on any atom is 0.254 e. The third-order valence-electron chi connectivity index (χ3n) is 2.82. The zero-order chi connectivity index (χ0) is 11.2. The zero-order valence-corrected chi connectivity index (χ0v) is 8.97. The number of rotatable bonds is 1. The lowest BCUT2D eigenvalue weighted by Crippen LogP contribution is -2.45. The third kappa shape index (κ3) is 1.27. The van der Waals surface area contributed by atoms with Gasteiger partial charge in [0.15, 0.2) is 5.76 Å². The van der Waals surface area contributed by atoms with Crippen LogP contribution in [-0.2, 0) is 0 Å². The van der Waals surface area contributed by atoms with Crippen molar-refractivity contribution in [2.24, 2.45) is 0 Å². The fourth-order valence-electron chi connectivity index (χ4n) is 1.95. The molecule has 0 unspecified atom stereocenters. The van der Waals surface area contributed by atoms with E-state index < -0.39 is 11.7 Å². The molecule has 1 aromatic rings. The summed E-state index contributed by atoms with van der Waals surface area (Å²) in [6, 6.07) is 3.44. The molecule has 1 aromatic heterocycles. The van der Waals surface area contributed by atoms with E-state index in [0.29, 0.717) is 11.5 Å². The molecule has 0 spiro atoms. The van der Waals surface area contributed by atoms with Crippen LogP contribution in [0.25, 0.3) is 0 Å². The van der Waals surface area contributed by atoms with Crippen LogP contribution in [0, 0.1) is 5.21 Å². The van der Waals surface area contributed by atoms with Crippen LogP contribution < -0.4 is 0 Å². The first-order valence-electron chi connectivity index (χ1n) is 4.82. The second-order valence-corrected chi connectivity index (χ2v) is 4.19. The van der Waals surface area contributed by atoms with Crippen molar-refractivity contribution in [2.45, 2.75) is 32.5 Å². The average Bonchev–Trinajstić information content (AvgIpc) is 2.72. The monoisotopic (exact) mass is 210 g/mol. The molecule has 2 rings (SSSR count). The fraction of sp³-hybridized carbons (Fsp3) is 0.500. The summed E-state index contributed by atoms with van der Waals surface area (Å²) < 4.78 is 5.98. The van der Waals surface area contributed by atoms with Crippen LogP contribution in [0.15, 0.2) is 22.8 Å². The third-order valence-corrected chi connectivity index (χ3v) is 2.82. The first-order valence-corrected chi connectivity index (χ1v) is 4.82. The Morgan fingerprint density at radius 1 is 1.60 bits per heavy atom. The molecule has 0 aromatic carbocycles. The predicted molar refractivity (Wildman–Crippen MR) is 53.6 cm³/mol. The van der Waals surface area contributed by atoms with Crippen molar-refractivity contribution in [1.82, 2.24) is 5.06 Å². The van der Waals surface area contributed by atoms with Crippen molar-refractivity contribution in [1.29, 1.82) is 0 Å². The van der Waals surface area contributed by atoms with Gasteiger partial charge in [-0.3, -0.25) is 0 Å². The number of hydroxylamine groups is 3. The summed E-state index contributed by atoms with van der Waals surface area (Å²) in [5.41, 5.74) is -0.290. The molecular weight excluding hydrogens is 196 g/mol. The maximum atomic E-state index is 11.8. The second-order valence-electron chi connectivity index (χ2n) is 4.19. The first-order chi connectivity index (χ1) is 6.96. The van der Waals surface area contributed by atoms with E-state index in [9.17, 15) is 10.4 Å². The van der Waals surface area contributed by atoms with E-state index in [1.807, 2.05) is 0 Å². The normalized spacial score (nSPS) is 26.3. The molecule has 15 heavy (non-hydrogen) atoms. The molecule has 0 radical (unpaired) electrons. The van der Waals surface area contributed by atoms with Gasteiger partial charge in [-0.05, 0) is 26.0 Å². The van der Waals surface area contributed by atoms with Crippen LogP contribution in [0.3, 0.4) is 0 Å². The largest absolute Gasteiger partial charge is 0.622 e. The first kappa shape index (κ1) is 10.2. The van der Waals surface area contributed by atoms with E-state index in [0.717, 1.165) is 9.80 Å². The van der Waals surface area contributed by atoms with Crippen LogP contribution in [0.2, 0.25) is 0 Å². The molecule has 1 atom stereocenters. The van der Waals surface area contributed by atoms with E-state index >= 15 is 0 Å². The molecule has 1 N–H and O–H groups in total. The van der Waals surface area contributed by atoms with Crippen LogP contribution in [0.1, 0.15) is 26.5 Å². The predicted octanol–water partition coefficient (Wildman–Crippen LogP) is 1.41. The Hall–Kier alpha value is -1.33. The molecule has 0 fully saturated rings. The highest BCUT2D eigenvalue weighted by atomic mass is 16.5. The highest BCUT2D eigenvalue weighted by Gasteiger charge is 2.51. The summed E-state index contributed by atoms with van der Waals surface area (Å²) in [5.74, 6) is 0.499. The zero-order valence-electron chi connectivity index (χ0n) is 8.97. The standard InChI is InChI=1S/C10H14N2O3/c1-7-11(13)9(8-5-4-6-15-8)10(2,3)12(7)14/h4-7,14H,1-3H3/t7-/m1/s1. The quantitative estimate of drug-likeness (QED) is 0.562. The summed E-state index contributed by atoms with van der Waals surface area (Å²) in [6.07, 6.45) is 0.914. The van der Waals surface area contributed by atoms with E-state index in [1.165, 1.54) is 6.26 Å². The minimum Gasteiger partial charge on any atom is -0.622 e. The average molecular weight is 210 g/mol. The van der Waals surface area contributed by atoms with E-state index in [4.69, 9.17) is 4.42 Å². The Labute approximate surface area is 87.8 Å². The Kier molecular flexibility index (Phi) is 2.09. The van der Waals surface area contributed by atoms with Gasteiger partial charge in [-0.1, -0.05) is 0 Å². The number of furan rings is 1. The molecule has 0 aliphatic carbocycles. The minimum atomic E-state index is -0.737. The molecule has 5 heteroatoms. The molecule has 5 nitrogen and oxygen atoms in total. The SMILES string of the molecule is C[C@H]1N(O)C(C)(C)C(c2ccco2)=[N+]1[O-]. The lowest BCUT2D eigenvalue weighted by atomic mass is 9.97. The Balaban J connectivity index is 2.54. The Morgan fingerprint density at radius 2 is 2.27 bits per heavy atom. The lowest BCUT2D eigenvalue weighted by molar-refractivity contribution is -0.532. The molecule has 0 saturated carbocycles. The van der Waals surface area contributed by atoms with Gasteiger partial charge in [-0.25, -0.2) is 0 Å². The molecule has 2 heterocycles. The highest BCUT2D eigenvalue weighted by molar-refractivity contribution is 6.01. The van der Waals surface area contributed by atoms with Crippen molar-refractivity contribution in [2.75, 3.05) is 0 Å². The van der Waals surface area contributed by atoms with Gasteiger partial charge in [0.2, 0.25) is 6.17 Å². The Bertz CT molecular complexity index is 395. The van der Waals surface area contributed by atoms with E-state index in [-0.39, 0.29) is 0 Å². The summed E-state index contributed by atoms with van der Waals surface area (Å²) >= 11 is 0. The van der Waals surface area contributed by atoms with Crippen molar-refractivity contribution in [3.8, 4) is 0 Å². The van der Waals surface area contributed by atoms with Crippen molar-refractivity contribution >= 4 is 5.71 Å². The molecule has 1 aliphatic rings. The van der Waals surface area contributed by atoms with Crippen LogP contribution in [-0.4, -0.2) is 32.4 Å². The van der Waals surface area contributed by atoms with Gasteiger partial charge in [0.1, 0.15) is 5.54 Å². The van der Waals surface area contributed by atoms with Gasteiger partial charge in [-0.2, -0.15) is 4.74 Å². The highest BCUT2D eigenvalue weighted by Crippen LogP contribution is 2.28. The van der Waals surface area contributed by atoms with Crippen LogP contribution in [0.5, 0.6) is 0 Å². The number of nitrogens with zero attached hydrogens (tertiary/aromatic N) is 2. The smallest absolute Gasteiger partial charge is 0.254 e. The van der Waals surface area contributed by atoms with Crippen molar-refractivity contribution < 1.29 is 14.4 Å². The van der Waals surface area contributed by atoms with Gasteiger partial charge in [-0.15, -0.1) is 5.06 Å². The van der Waals surface area contributed by atoms with Gasteiger partial charge < -0.3 is 14.8 Å². The molecule has 1 aliphatic heterocycles. The summed E-state index contributed by atoms with van der Waals surface area (Å²) in [5, 5.41) is 22.7. The topological polar surface area (TPSA) is 62.7 Å². The van der Waals surface area contributed by atoms with Crippen LogP contribution >= 0.6 is 0 Å². The summed E-state index contributed by atoms with van der Waals surface area (Å²) in [6.45, 7) is 5.20. The maximum absolute atomic E-state index is 11.8. The van der Waals surface area contributed by atoms with E-state index in [1.54, 1.807) is 32.9 Å². The van der Waals surface area contributed by atoms with Gasteiger partial charge in [0.25, 0.3) is 5.71 Å². The van der Waals surface area contributed by atoms with Crippen LogP contribution in [0.4, 0.5) is 0 Å². The molecule has 0 saturated heterocycles. The van der Waals surface area contributed by atoms with Gasteiger partial charge in [0, 0.05) is 6.92 Å². The second kappa shape index (κ2) is 3.08. The lowest BCUT2D eigenvalue weighted by Gasteiger charge is -2.23. The van der Waals surface area contributed by atoms with Crippen molar-refractivity contribution in [3.05, 3.63) is 29.4 Å². The molecule has 82 valence electrons. The van der Waals surface area contributed by atoms with Gasteiger partial charge in [0.05, 0.1) is 6.26 Å². The molecule has 0 bridgehead atoms. The number of hydrogen-bond donors (Lipinski definition) is 1. The van der Waals surface area contributed by atoms with E-state index in [2.05, 4.69) is 0 Å². The molecule has 0 amide bonds.